The second kappa shape index (κ2) is 18.2. The molecule has 9 nitrogen and oxygen atoms in total. The number of aromatic carboxylic acids is 1. The first-order valence-corrected chi connectivity index (χ1v) is 2.44. The number of carboxylic acids is 1. The Bertz CT molecular complexity index is 216. The van der Waals surface area contributed by atoms with Crippen LogP contribution in [0, 0.1) is 0 Å². The topological polar surface area (TPSA) is 239 Å². The van der Waals surface area contributed by atoms with E-state index in [4.69, 9.17) is 5.11 Å². The molecule has 9 heteroatoms. The summed E-state index contributed by atoms with van der Waals surface area (Å²) in [6.45, 7) is 0. The minimum Gasteiger partial charge on any atom is -0.478 e. The fourth-order valence-electron chi connectivity index (χ4n) is 0.489. The van der Waals surface area contributed by atoms with Gasteiger partial charge in [-0.15, -0.1) is 0 Å². The summed E-state index contributed by atoms with van der Waals surface area (Å²) in [5.41, 5.74) is 0.220. The van der Waals surface area contributed by atoms with Crippen molar-refractivity contribution in [1.82, 2.24) is 4.98 Å². The van der Waals surface area contributed by atoms with Crippen molar-refractivity contribution in [1.29, 1.82) is 0 Å². The number of nitrogens with zero attached hydrogens (tertiary/aromatic N) is 1. The van der Waals surface area contributed by atoms with E-state index in [0.717, 1.165) is 0 Å². The second-order valence-corrected chi connectivity index (χ2v) is 1.55. The number of carboxylic acid groups (broad SMARTS) is 1. The Balaban J connectivity index is -0.0000000337. The molecule has 0 radical (unpaired) electrons. The Labute approximate surface area is 84.9 Å². The summed E-state index contributed by atoms with van der Waals surface area (Å²) in [4.78, 5) is 13.8. The van der Waals surface area contributed by atoms with Gasteiger partial charge in [0.1, 0.15) is 0 Å². The van der Waals surface area contributed by atoms with Gasteiger partial charge in [-0.1, -0.05) is 0 Å². The van der Waals surface area contributed by atoms with Crippen molar-refractivity contribution < 1.29 is 42.8 Å². The molecule has 0 aliphatic carbocycles. The molecular weight excluding hydrogens is 214 g/mol. The maximum absolute atomic E-state index is 10.2. The summed E-state index contributed by atoms with van der Waals surface area (Å²) in [6.07, 6.45) is 2.84. The van der Waals surface area contributed by atoms with E-state index in [-0.39, 0.29) is 38.4 Å². The summed E-state index contributed by atoms with van der Waals surface area (Å²) in [6, 6.07) is 3.08. The van der Waals surface area contributed by atoms with Gasteiger partial charge in [0.05, 0.1) is 5.56 Å². The van der Waals surface area contributed by atoms with Crippen molar-refractivity contribution in [2.45, 2.75) is 0 Å². The van der Waals surface area contributed by atoms with Crippen molar-refractivity contribution in [2.75, 3.05) is 0 Å². The summed E-state index contributed by atoms with van der Waals surface area (Å²) in [7, 11) is 0. The molecule has 0 saturated carbocycles. The molecule has 1 heterocycles. The number of carbonyl (C=O) groups is 1. The lowest BCUT2D eigenvalue weighted by Crippen LogP contribution is -1.94. The van der Waals surface area contributed by atoms with Crippen LogP contribution in [0.2, 0.25) is 0 Å². The van der Waals surface area contributed by atoms with E-state index in [1.54, 1.807) is 6.07 Å². The summed E-state index contributed by atoms with van der Waals surface area (Å²) in [5, 5.41) is 8.34. The smallest absolute Gasteiger partial charge is 0.337 e. The highest BCUT2D eigenvalue weighted by Crippen LogP contribution is 1.92. The van der Waals surface area contributed by atoms with Gasteiger partial charge in [-0.05, 0) is 12.1 Å². The Morgan fingerprint density at radius 1 is 1.07 bits per heavy atom. The predicted molar refractivity (Wildman–Crippen MR) is 52.9 cm³/mol. The lowest BCUT2D eigenvalue weighted by Gasteiger charge is -1.87. The minimum absolute atomic E-state index is 0. The van der Waals surface area contributed by atoms with Gasteiger partial charge < -0.3 is 38.0 Å². The van der Waals surface area contributed by atoms with Crippen LogP contribution in [0.3, 0.4) is 0 Å². The van der Waals surface area contributed by atoms with Crippen molar-refractivity contribution in [3.05, 3.63) is 30.1 Å². The second-order valence-electron chi connectivity index (χ2n) is 1.55. The van der Waals surface area contributed by atoms with E-state index < -0.39 is 5.97 Å². The van der Waals surface area contributed by atoms with Gasteiger partial charge >= 0.3 is 5.97 Å². The van der Waals surface area contributed by atoms with Crippen LogP contribution in [0.25, 0.3) is 0 Å². The molecular formula is C6H17NO8. The normalized spacial score (nSPS) is 5.33. The Hall–Kier alpha value is -1.62. The van der Waals surface area contributed by atoms with Crippen LogP contribution >= 0.6 is 0 Å². The average molecular weight is 231 g/mol. The number of hydrogen-bond donors (Lipinski definition) is 1. The third-order valence-electron chi connectivity index (χ3n) is 0.908. The zero-order chi connectivity index (χ0) is 6.69. The highest BCUT2D eigenvalue weighted by Gasteiger charge is 1.97. The van der Waals surface area contributed by atoms with Crippen molar-refractivity contribution in [3.63, 3.8) is 0 Å². The highest BCUT2D eigenvalue weighted by molar-refractivity contribution is 5.86. The van der Waals surface area contributed by atoms with E-state index in [1.807, 2.05) is 0 Å². The van der Waals surface area contributed by atoms with E-state index in [2.05, 4.69) is 4.98 Å². The molecule has 15 heavy (non-hydrogen) atoms. The maximum Gasteiger partial charge on any atom is 0.337 e. The third-order valence-corrected chi connectivity index (χ3v) is 0.908. The van der Waals surface area contributed by atoms with Gasteiger partial charge in [-0.2, -0.15) is 0 Å². The number of aromatic nitrogens is 1. The molecule has 94 valence electrons. The molecule has 0 amide bonds. The molecule has 0 aliphatic rings. The Morgan fingerprint density at radius 3 is 1.73 bits per heavy atom. The van der Waals surface area contributed by atoms with Crippen LogP contribution in [0.1, 0.15) is 10.4 Å². The van der Waals surface area contributed by atoms with E-state index in [1.165, 1.54) is 18.5 Å². The molecule has 0 aliphatic heterocycles. The minimum atomic E-state index is -0.942. The zero-order valence-corrected chi connectivity index (χ0v) is 7.61. The zero-order valence-electron chi connectivity index (χ0n) is 7.61. The van der Waals surface area contributed by atoms with Crippen molar-refractivity contribution in [3.8, 4) is 0 Å². The quantitative estimate of drug-likeness (QED) is 0.505. The van der Waals surface area contributed by atoms with Gasteiger partial charge in [0.25, 0.3) is 0 Å². The van der Waals surface area contributed by atoms with Crippen LogP contribution in [0.4, 0.5) is 0 Å². The lowest BCUT2D eigenvalue weighted by molar-refractivity contribution is 0.0696. The summed E-state index contributed by atoms with van der Waals surface area (Å²) in [5.74, 6) is -0.942. The molecule has 0 saturated heterocycles. The van der Waals surface area contributed by atoms with Gasteiger partial charge in [-0.25, -0.2) is 4.79 Å². The molecule has 0 atom stereocenters. The molecule has 0 aromatic carbocycles. The molecule has 1 rings (SSSR count). The number of rotatable bonds is 1. The van der Waals surface area contributed by atoms with Crippen LogP contribution in [0.5, 0.6) is 0 Å². The third kappa shape index (κ3) is 12.4. The van der Waals surface area contributed by atoms with Crippen molar-refractivity contribution >= 4 is 5.97 Å². The monoisotopic (exact) mass is 231 g/mol. The molecule has 0 spiro atoms. The first-order chi connectivity index (χ1) is 4.30. The van der Waals surface area contributed by atoms with Crippen molar-refractivity contribution in [2.24, 2.45) is 0 Å². The molecule has 0 bridgehead atoms. The standard InChI is InChI=1S/C6H5NO2.6H2O/c8-6(9)5-2-1-3-7-4-5;;;;;;/h1-4H,(H,8,9);6*1H2. The van der Waals surface area contributed by atoms with Gasteiger partial charge in [-0.3, -0.25) is 4.98 Å². The fraction of sp³-hybridized carbons (Fsp3) is 0. The van der Waals surface area contributed by atoms with Gasteiger partial charge in [0, 0.05) is 12.4 Å². The Kier molecular flexibility index (Phi) is 45.7. The Morgan fingerprint density at radius 2 is 1.53 bits per heavy atom. The van der Waals surface area contributed by atoms with Crippen LogP contribution in [0.15, 0.2) is 24.5 Å². The summed E-state index contributed by atoms with van der Waals surface area (Å²) >= 11 is 0. The van der Waals surface area contributed by atoms with E-state index >= 15 is 0 Å². The van der Waals surface area contributed by atoms with Gasteiger partial charge in [0.15, 0.2) is 0 Å². The molecule has 1 aromatic rings. The van der Waals surface area contributed by atoms with Crippen LogP contribution < -0.4 is 0 Å². The molecule has 13 N–H and O–H groups in total. The highest BCUT2D eigenvalue weighted by atomic mass is 16.4. The fourth-order valence-corrected chi connectivity index (χ4v) is 0.489. The van der Waals surface area contributed by atoms with Crippen LogP contribution in [-0.2, 0) is 0 Å². The maximum atomic E-state index is 10.2. The molecule has 0 fully saturated rings. The first-order valence-electron chi connectivity index (χ1n) is 2.44. The predicted octanol–water partition coefficient (Wildman–Crippen LogP) is -4.17. The van der Waals surface area contributed by atoms with E-state index in [9.17, 15) is 4.79 Å². The van der Waals surface area contributed by atoms with Crippen LogP contribution in [-0.4, -0.2) is 48.9 Å². The van der Waals surface area contributed by atoms with E-state index in [0.29, 0.717) is 0 Å². The molecule has 0 unspecified atom stereocenters. The number of pyridine rings is 1. The first kappa shape index (κ1) is 37.7. The average Bonchev–Trinajstić information content (AvgIpc) is 1.90. The van der Waals surface area contributed by atoms with Gasteiger partial charge in [0.2, 0.25) is 0 Å². The summed E-state index contributed by atoms with van der Waals surface area (Å²) < 4.78 is 0. The SMILES string of the molecule is O.O.O.O.O.O.O=C(O)c1cccnc1. The largest absolute Gasteiger partial charge is 0.478 e. The molecule has 1 aromatic heterocycles. The number of hydrogen-bond acceptors (Lipinski definition) is 2. The lowest BCUT2D eigenvalue weighted by atomic mass is 10.3.